The van der Waals surface area contributed by atoms with E-state index in [0.717, 1.165) is 41.4 Å². The number of carbonyl (C=O) groups excluding carboxylic acids is 1. The number of nitrogens with zero attached hydrogens (tertiary/aromatic N) is 4. The molecule has 1 unspecified atom stereocenters. The predicted octanol–water partition coefficient (Wildman–Crippen LogP) is 3.22. The van der Waals surface area contributed by atoms with Gasteiger partial charge in [-0.3, -0.25) is 9.20 Å². The van der Waals surface area contributed by atoms with Crippen molar-refractivity contribution in [2.24, 2.45) is 0 Å². The van der Waals surface area contributed by atoms with Gasteiger partial charge in [0.25, 0.3) is 5.91 Å². The summed E-state index contributed by atoms with van der Waals surface area (Å²) >= 11 is 0. The number of fused-ring (bicyclic) bond motifs is 1. The molecule has 4 aromatic rings. The third kappa shape index (κ3) is 3.40. The van der Waals surface area contributed by atoms with Crippen LogP contribution in [0.25, 0.3) is 16.9 Å². The molecule has 2 aromatic heterocycles. The summed E-state index contributed by atoms with van der Waals surface area (Å²) in [5.41, 5.74) is 3.83. The normalized spacial score (nSPS) is 16.2. The number of aromatic nitrogens is 3. The molecule has 7 heteroatoms. The summed E-state index contributed by atoms with van der Waals surface area (Å²) in [6, 6.07) is 16.9. The lowest BCUT2D eigenvalue weighted by Crippen LogP contribution is -2.23. The maximum absolute atomic E-state index is 12.7. The molecule has 1 atom stereocenters. The Morgan fingerprint density at radius 1 is 1.10 bits per heavy atom. The van der Waals surface area contributed by atoms with E-state index in [1.165, 1.54) is 0 Å². The van der Waals surface area contributed by atoms with Crippen molar-refractivity contribution in [3.8, 4) is 11.3 Å². The van der Waals surface area contributed by atoms with Gasteiger partial charge in [0.1, 0.15) is 0 Å². The predicted molar refractivity (Wildman–Crippen MR) is 116 cm³/mol. The molecule has 2 aromatic carbocycles. The quantitative estimate of drug-likeness (QED) is 0.551. The fraction of sp³-hybridized carbons (Fsp3) is 0.174. The van der Waals surface area contributed by atoms with Gasteiger partial charge in [0.15, 0.2) is 11.5 Å². The molecule has 1 amide bonds. The van der Waals surface area contributed by atoms with Gasteiger partial charge in [-0.2, -0.15) is 0 Å². The van der Waals surface area contributed by atoms with Gasteiger partial charge in [-0.1, -0.05) is 30.3 Å². The molecule has 1 fully saturated rings. The van der Waals surface area contributed by atoms with Gasteiger partial charge >= 0.3 is 0 Å². The van der Waals surface area contributed by atoms with Crippen LogP contribution in [0, 0.1) is 0 Å². The van der Waals surface area contributed by atoms with E-state index < -0.39 is 0 Å². The van der Waals surface area contributed by atoms with Crippen LogP contribution in [0.3, 0.4) is 0 Å². The summed E-state index contributed by atoms with van der Waals surface area (Å²) in [7, 11) is 0. The highest BCUT2D eigenvalue weighted by atomic mass is 16.3. The number of anilines is 2. The van der Waals surface area contributed by atoms with Crippen LogP contribution in [0.5, 0.6) is 0 Å². The minimum Gasteiger partial charge on any atom is -0.391 e. The van der Waals surface area contributed by atoms with Gasteiger partial charge in [0.05, 0.1) is 18.0 Å². The third-order valence-corrected chi connectivity index (χ3v) is 5.32. The van der Waals surface area contributed by atoms with Gasteiger partial charge in [0, 0.05) is 42.3 Å². The van der Waals surface area contributed by atoms with Gasteiger partial charge in [0.2, 0.25) is 0 Å². The average Bonchev–Trinajstić information content (AvgIpc) is 3.41. The minimum absolute atomic E-state index is 0.162. The van der Waals surface area contributed by atoms with E-state index in [1.807, 2.05) is 59.1 Å². The Morgan fingerprint density at radius 2 is 1.97 bits per heavy atom. The van der Waals surface area contributed by atoms with E-state index >= 15 is 0 Å². The summed E-state index contributed by atoms with van der Waals surface area (Å²) in [5.74, 6) is 0.601. The largest absolute Gasteiger partial charge is 0.391 e. The number of imidazole rings is 1. The summed E-state index contributed by atoms with van der Waals surface area (Å²) in [5, 5.41) is 12.8. The molecule has 30 heavy (non-hydrogen) atoms. The number of rotatable bonds is 4. The number of hydrogen-bond acceptors (Lipinski definition) is 5. The van der Waals surface area contributed by atoms with Crippen LogP contribution in [0.4, 0.5) is 11.5 Å². The molecule has 3 heterocycles. The molecule has 0 radical (unpaired) electrons. The highest BCUT2D eigenvalue weighted by Crippen LogP contribution is 2.27. The zero-order chi connectivity index (χ0) is 20.5. The van der Waals surface area contributed by atoms with E-state index in [2.05, 4.69) is 20.2 Å². The van der Waals surface area contributed by atoms with E-state index in [-0.39, 0.29) is 12.0 Å². The number of amides is 1. The van der Waals surface area contributed by atoms with Crippen LogP contribution in [0.2, 0.25) is 0 Å². The van der Waals surface area contributed by atoms with Crippen LogP contribution in [0.1, 0.15) is 16.8 Å². The first-order chi connectivity index (χ1) is 14.7. The van der Waals surface area contributed by atoms with Crippen molar-refractivity contribution in [3.63, 3.8) is 0 Å². The first-order valence-corrected chi connectivity index (χ1v) is 9.91. The van der Waals surface area contributed by atoms with Crippen molar-refractivity contribution in [1.29, 1.82) is 0 Å². The van der Waals surface area contributed by atoms with E-state index in [9.17, 15) is 9.90 Å². The highest BCUT2D eigenvalue weighted by molar-refractivity contribution is 6.04. The molecule has 7 nitrogen and oxygen atoms in total. The van der Waals surface area contributed by atoms with Crippen molar-refractivity contribution in [2.45, 2.75) is 12.5 Å². The van der Waals surface area contributed by atoms with E-state index in [0.29, 0.717) is 12.1 Å². The van der Waals surface area contributed by atoms with E-state index in [1.54, 1.807) is 18.5 Å². The van der Waals surface area contributed by atoms with Crippen molar-refractivity contribution < 1.29 is 9.90 Å². The Bertz CT molecular complexity index is 1200. The smallest absolute Gasteiger partial charge is 0.255 e. The molecule has 5 rings (SSSR count). The molecule has 1 saturated heterocycles. The first-order valence-electron chi connectivity index (χ1n) is 9.91. The Morgan fingerprint density at radius 3 is 2.77 bits per heavy atom. The summed E-state index contributed by atoms with van der Waals surface area (Å²) < 4.78 is 1.97. The summed E-state index contributed by atoms with van der Waals surface area (Å²) in [6.07, 6.45) is 5.80. The number of carbonyl (C=O) groups is 1. The van der Waals surface area contributed by atoms with Crippen LogP contribution >= 0.6 is 0 Å². The first kappa shape index (κ1) is 18.3. The summed E-state index contributed by atoms with van der Waals surface area (Å²) in [4.78, 5) is 23.8. The lowest BCUT2D eigenvalue weighted by molar-refractivity contribution is 0.102. The average molecular weight is 399 g/mol. The Hall–Kier alpha value is -3.71. The van der Waals surface area contributed by atoms with Crippen molar-refractivity contribution in [3.05, 3.63) is 78.8 Å². The van der Waals surface area contributed by atoms with Crippen LogP contribution in [0.15, 0.2) is 73.2 Å². The maximum atomic E-state index is 12.7. The van der Waals surface area contributed by atoms with Crippen LogP contribution in [-0.4, -0.2) is 44.6 Å². The second-order valence-corrected chi connectivity index (χ2v) is 7.38. The van der Waals surface area contributed by atoms with Crippen molar-refractivity contribution >= 4 is 23.1 Å². The van der Waals surface area contributed by atoms with Crippen LogP contribution in [-0.2, 0) is 0 Å². The molecule has 0 aliphatic carbocycles. The third-order valence-electron chi connectivity index (χ3n) is 5.32. The van der Waals surface area contributed by atoms with Crippen LogP contribution < -0.4 is 10.2 Å². The fourth-order valence-electron chi connectivity index (χ4n) is 3.82. The number of aliphatic hydroxyl groups excluding tert-OH is 1. The second-order valence-electron chi connectivity index (χ2n) is 7.38. The SMILES string of the molecule is O=C(Nc1ccccc1)c1cccc(-c2cnc3c(N4CCC(O)C4)nccn23)c1. The summed E-state index contributed by atoms with van der Waals surface area (Å²) in [6.45, 7) is 1.31. The van der Waals surface area contributed by atoms with Crippen molar-refractivity contribution in [1.82, 2.24) is 14.4 Å². The zero-order valence-corrected chi connectivity index (χ0v) is 16.3. The maximum Gasteiger partial charge on any atom is 0.255 e. The fourth-order valence-corrected chi connectivity index (χ4v) is 3.82. The molecule has 2 N–H and O–H groups in total. The molecule has 150 valence electrons. The monoisotopic (exact) mass is 399 g/mol. The minimum atomic E-state index is -0.332. The lowest BCUT2D eigenvalue weighted by Gasteiger charge is -2.17. The second kappa shape index (κ2) is 7.61. The number of aliphatic hydroxyl groups is 1. The van der Waals surface area contributed by atoms with Gasteiger partial charge < -0.3 is 15.3 Å². The molecule has 1 aliphatic rings. The zero-order valence-electron chi connectivity index (χ0n) is 16.3. The molecule has 1 aliphatic heterocycles. The number of hydrogen-bond donors (Lipinski definition) is 2. The Labute approximate surface area is 173 Å². The van der Waals surface area contributed by atoms with Crippen molar-refractivity contribution in [2.75, 3.05) is 23.3 Å². The number of para-hydroxylation sites is 1. The Balaban J connectivity index is 1.47. The molecular weight excluding hydrogens is 378 g/mol. The van der Waals surface area contributed by atoms with Gasteiger partial charge in [-0.15, -0.1) is 0 Å². The molecule has 0 bridgehead atoms. The Kier molecular flexibility index (Phi) is 4.65. The molecular formula is C23H21N5O2. The number of benzene rings is 2. The molecule has 0 spiro atoms. The number of β-amino-alcohol motifs (C(OH)–C–C–N with tert-alkyl or cyclic N) is 1. The van der Waals surface area contributed by atoms with E-state index in [4.69, 9.17) is 0 Å². The standard InChI is InChI=1S/C23H21N5O2/c29-19-9-11-27(15-19)21-22-25-14-20(28(22)12-10-24-21)16-5-4-6-17(13-16)23(30)26-18-7-2-1-3-8-18/h1-8,10,12-14,19,29H,9,11,15H2,(H,26,30). The van der Waals surface area contributed by atoms with Gasteiger partial charge in [-0.05, 0) is 30.7 Å². The lowest BCUT2D eigenvalue weighted by atomic mass is 10.1. The topological polar surface area (TPSA) is 82.8 Å². The van der Waals surface area contributed by atoms with Gasteiger partial charge in [-0.25, -0.2) is 9.97 Å². The molecule has 0 saturated carbocycles. The highest BCUT2D eigenvalue weighted by Gasteiger charge is 2.24. The number of nitrogens with one attached hydrogen (secondary N) is 1.